The highest BCUT2D eigenvalue weighted by atomic mass is 32.1. The first-order chi connectivity index (χ1) is 6.20. The fraction of sp³-hybridized carbons (Fsp3) is 0.556. The molecule has 0 aliphatic heterocycles. The van der Waals surface area contributed by atoms with E-state index in [1.807, 2.05) is 13.8 Å². The van der Waals surface area contributed by atoms with Crippen molar-refractivity contribution in [1.82, 2.24) is 4.98 Å². The lowest BCUT2D eigenvalue weighted by Gasteiger charge is -2.05. The zero-order valence-electron chi connectivity index (χ0n) is 7.82. The van der Waals surface area contributed by atoms with Crippen molar-refractivity contribution in [2.24, 2.45) is 5.92 Å². The number of hydrogen-bond donors (Lipinski definition) is 0. The fourth-order valence-corrected chi connectivity index (χ4v) is 1.36. The van der Waals surface area contributed by atoms with Crippen LogP contribution in [0.15, 0.2) is 11.7 Å². The number of esters is 1. The molecular weight excluding hydrogens is 186 g/mol. The van der Waals surface area contributed by atoms with Gasteiger partial charge in [0.1, 0.15) is 0 Å². The number of thiazole rings is 1. The second-order valence-corrected chi connectivity index (χ2v) is 4.01. The minimum atomic E-state index is -0.135. The highest BCUT2D eigenvalue weighted by Gasteiger charge is 2.07. The number of carbonyl (C=O) groups is 1. The van der Waals surface area contributed by atoms with Gasteiger partial charge in [0, 0.05) is 17.5 Å². The van der Waals surface area contributed by atoms with Crippen LogP contribution in [0.5, 0.6) is 0 Å². The van der Waals surface area contributed by atoms with Gasteiger partial charge in [-0.25, -0.2) is 0 Å². The second-order valence-electron chi connectivity index (χ2n) is 3.04. The van der Waals surface area contributed by atoms with Crippen LogP contribution >= 0.6 is 11.3 Å². The lowest BCUT2D eigenvalue weighted by atomic mass is 10.2. The van der Waals surface area contributed by atoms with Gasteiger partial charge in [0.2, 0.25) is 0 Å². The van der Waals surface area contributed by atoms with Crippen LogP contribution in [0.3, 0.4) is 0 Å². The lowest BCUT2D eigenvalue weighted by Crippen LogP contribution is -2.13. The van der Waals surface area contributed by atoms with Gasteiger partial charge in [-0.15, -0.1) is 11.3 Å². The van der Waals surface area contributed by atoms with Gasteiger partial charge in [-0.2, -0.15) is 0 Å². The van der Waals surface area contributed by atoms with Crippen LogP contribution in [-0.4, -0.2) is 17.6 Å². The van der Waals surface area contributed by atoms with E-state index >= 15 is 0 Å². The summed E-state index contributed by atoms with van der Waals surface area (Å²) in [6.07, 6.45) is 2.57. The molecule has 0 aliphatic carbocycles. The average molecular weight is 199 g/mol. The quantitative estimate of drug-likeness (QED) is 0.695. The summed E-state index contributed by atoms with van der Waals surface area (Å²) in [6.45, 7) is 4.11. The first-order valence-electron chi connectivity index (χ1n) is 4.24. The summed E-state index contributed by atoms with van der Waals surface area (Å²) >= 11 is 1.58. The number of rotatable bonds is 4. The predicted octanol–water partition coefficient (Wildman–Crippen LogP) is 1.88. The van der Waals surface area contributed by atoms with Crippen molar-refractivity contribution < 1.29 is 9.53 Å². The Morgan fingerprint density at radius 1 is 1.69 bits per heavy atom. The summed E-state index contributed by atoms with van der Waals surface area (Å²) in [7, 11) is 0. The molecule has 0 unspecified atom stereocenters. The molecule has 4 heteroatoms. The Morgan fingerprint density at radius 2 is 2.46 bits per heavy atom. The van der Waals surface area contributed by atoms with Gasteiger partial charge in [0.25, 0.3) is 0 Å². The van der Waals surface area contributed by atoms with Crippen molar-refractivity contribution in [1.29, 1.82) is 0 Å². The summed E-state index contributed by atoms with van der Waals surface area (Å²) in [5.74, 6) is -0.175. The lowest BCUT2D eigenvalue weighted by molar-refractivity contribution is -0.147. The first-order valence-corrected chi connectivity index (χ1v) is 5.12. The summed E-state index contributed by atoms with van der Waals surface area (Å²) in [5.41, 5.74) is 1.78. The van der Waals surface area contributed by atoms with Crippen molar-refractivity contribution in [3.8, 4) is 0 Å². The normalized spacial score (nSPS) is 10.4. The SMILES string of the molecule is CC(C)C(=O)OCCc1cncs1. The van der Waals surface area contributed by atoms with Gasteiger partial charge in [-0.3, -0.25) is 9.78 Å². The Hall–Kier alpha value is -0.900. The molecule has 0 saturated carbocycles. The van der Waals surface area contributed by atoms with Crippen molar-refractivity contribution in [2.75, 3.05) is 6.61 Å². The van der Waals surface area contributed by atoms with E-state index < -0.39 is 0 Å². The molecule has 1 rings (SSSR count). The standard InChI is InChI=1S/C9H13NO2S/c1-7(2)9(11)12-4-3-8-5-10-6-13-8/h5-7H,3-4H2,1-2H3. The molecule has 0 spiro atoms. The van der Waals surface area contributed by atoms with Crippen LogP contribution in [0.4, 0.5) is 0 Å². The minimum Gasteiger partial charge on any atom is -0.465 e. The first kappa shape index (κ1) is 10.2. The van der Waals surface area contributed by atoms with E-state index in [9.17, 15) is 4.79 Å². The minimum absolute atomic E-state index is 0.0403. The van der Waals surface area contributed by atoms with E-state index in [1.54, 1.807) is 23.0 Å². The van der Waals surface area contributed by atoms with E-state index in [2.05, 4.69) is 4.98 Å². The number of aromatic nitrogens is 1. The number of carbonyl (C=O) groups excluding carboxylic acids is 1. The Labute approximate surface area is 81.8 Å². The Bertz CT molecular complexity index is 257. The highest BCUT2D eigenvalue weighted by molar-refractivity contribution is 7.09. The Morgan fingerprint density at radius 3 is 3.00 bits per heavy atom. The van der Waals surface area contributed by atoms with Gasteiger partial charge in [-0.1, -0.05) is 13.8 Å². The number of hydrogen-bond acceptors (Lipinski definition) is 4. The molecule has 0 aromatic carbocycles. The van der Waals surface area contributed by atoms with E-state index in [0.29, 0.717) is 6.61 Å². The Balaban J connectivity index is 2.18. The smallest absolute Gasteiger partial charge is 0.308 e. The van der Waals surface area contributed by atoms with Gasteiger partial charge in [-0.05, 0) is 0 Å². The molecule has 0 atom stereocenters. The Kier molecular flexibility index (Phi) is 3.89. The van der Waals surface area contributed by atoms with Gasteiger partial charge < -0.3 is 4.74 Å². The maximum Gasteiger partial charge on any atom is 0.308 e. The van der Waals surface area contributed by atoms with Crippen molar-refractivity contribution in [2.45, 2.75) is 20.3 Å². The highest BCUT2D eigenvalue weighted by Crippen LogP contribution is 2.06. The topological polar surface area (TPSA) is 39.2 Å². The molecule has 72 valence electrons. The molecule has 0 fully saturated rings. The van der Waals surface area contributed by atoms with Crippen molar-refractivity contribution in [3.63, 3.8) is 0 Å². The van der Waals surface area contributed by atoms with E-state index in [1.165, 1.54) is 0 Å². The van der Waals surface area contributed by atoms with E-state index in [-0.39, 0.29) is 11.9 Å². The molecule has 1 heterocycles. The van der Waals surface area contributed by atoms with Crippen molar-refractivity contribution in [3.05, 3.63) is 16.6 Å². The van der Waals surface area contributed by atoms with Crippen LogP contribution in [0.1, 0.15) is 18.7 Å². The molecular formula is C9H13NO2S. The van der Waals surface area contributed by atoms with Gasteiger partial charge in [0.05, 0.1) is 18.0 Å². The van der Waals surface area contributed by atoms with Crippen LogP contribution < -0.4 is 0 Å². The van der Waals surface area contributed by atoms with Gasteiger partial charge in [0.15, 0.2) is 0 Å². The molecule has 1 aromatic heterocycles. The van der Waals surface area contributed by atoms with Crippen LogP contribution in [0.25, 0.3) is 0 Å². The maximum absolute atomic E-state index is 11.0. The molecule has 0 bridgehead atoms. The summed E-state index contributed by atoms with van der Waals surface area (Å²) in [4.78, 5) is 16.1. The molecule has 0 N–H and O–H groups in total. The fourth-order valence-electron chi connectivity index (χ4n) is 0.784. The molecule has 0 aliphatic rings. The number of nitrogens with zero attached hydrogens (tertiary/aromatic N) is 1. The molecule has 0 saturated heterocycles. The summed E-state index contributed by atoms with van der Waals surface area (Å²) in [5, 5.41) is 0. The average Bonchev–Trinajstić information content (AvgIpc) is 2.56. The predicted molar refractivity (Wildman–Crippen MR) is 51.6 cm³/mol. The molecule has 3 nitrogen and oxygen atoms in total. The van der Waals surface area contributed by atoms with Crippen molar-refractivity contribution >= 4 is 17.3 Å². The number of ether oxygens (including phenoxy) is 1. The maximum atomic E-state index is 11.0. The third-order valence-electron chi connectivity index (χ3n) is 1.55. The summed E-state index contributed by atoms with van der Waals surface area (Å²) in [6, 6.07) is 0. The van der Waals surface area contributed by atoms with Crippen LogP contribution in [0.2, 0.25) is 0 Å². The monoisotopic (exact) mass is 199 g/mol. The second kappa shape index (κ2) is 4.97. The largest absolute Gasteiger partial charge is 0.465 e. The third kappa shape index (κ3) is 3.55. The third-order valence-corrected chi connectivity index (χ3v) is 2.39. The zero-order chi connectivity index (χ0) is 9.68. The van der Waals surface area contributed by atoms with Crippen LogP contribution in [0, 0.1) is 5.92 Å². The summed E-state index contributed by atoms with van der Waals surface area (Å²) < 4.78 is 5.02. The van der Waals surface area contributed by atoms with Gasteiger partial charge >= 0.3 is 5.97 Å². The van der Waals surface area contributed by atoms with E-state index in [0.717, 1.165) is 11.3 Å². The van der Waals surface area contributed by atoms with E-state index in [4.69, 9.17) is 4.74 Å². The molecule has 0 radical (unpaired) electrons. The molecule has 13 heavy (non-hydrogen) atoms. The molecule has 0 amide bonds. The zero-order valence-corrected chi connectivity index (χ0v) is 8.63. The van der Waals surface area contributed by atoms with Crippen LogP contribution in [-0.2, 0) is 16.0 Å². The molecule has 1 aromatic rings.